The summed E-state index contributed by atoms with van der Waals surface area (Å²) in [6.07, 6.45) is 0.303. The van der Waals surface area contributed by atoms with Gasteiger partial charge in [-0.3, -0.25) is 9.59 Å². The summed E-state index contributed by atoms with van der Waals surface area (Å²) < 4.78 is 9.57. The van der Waals surface area contributed by atoms with Crippen LogP contribution < -0.4 is 0 Å². The van der Waals surface area contributed by atoms with Gasteiger partial charge in [0.1, 0.15) is 9.65 Å². The van der Waals surface area contributed by atoms with Crippen LogP contribution in [0.15, 0.2) is 0 Å². The molecule has 0 rings (SSSR count). The van der Waals surface area contributed by atoms with Crippen molar-refractivity contribution in [3.63, 3.8) is 0 Å². The average Bonchev–Trinajstić information content (AvgIpc) is 2.18. The maximum Gasteiger partial charge on any atom is 0.319 e. The first-order chi connectivity index (χ1) is 7.02. The van der Waals surface area contributed by atoms with E-state index in [2.05, 4.69) is 31.9 Å². The third kappa shape index (κ3) is 6.14. The van der Waals surface area contributed by atoms with Gasteiger partial charge in [-0.25, -0.2) is 0 Å². The second-order valence-corrected chi connectivity index (χ2v) is 4.89. The number of carbonyl (C=O) groups is 2. The Hall–Kier alpha value is -0.100. The van der Waals surface area contributed by atoms with Crippen molar-refractivity contribution in [3.8, 4) is 0 Å². The fourth-order valence-corrected chi connectivity index (χ4v) is 2.35. The highest BCUT2D eigenvalue weighted by Gasteiger charge is 2.25. The molecule has 0 aromatic heterocycles. The largest absolute Gasteiger partial charge is 0.465 e. The van der Waals surface area contributed by atoms with Crippen LogP contribution in [0, 0.1) is 0 Å². The van der Waals surface area contributed by atoms with Gasteiger partial charge in [0, 0.05) is 0 Å². The van der Waals surface area contributed by atoms with E-state index in [0.717, 1.165) is 0 Å². The first-order valence-electron chi connectivity index (χ1n) is 4.64. The summed E-state index contributed by atoms with van der Waals surface area (Å²) in [6.45, 7) is 4.11. The molecule has 0 radical (unpaired) electrons. The Bertz CT molecular complexity index is 198. The van der Waals surface area contributed by atoms with Gasteiger partial charge >= 0.3 is 11.9 Å². The van der Waals surface area contributed by atoms with Gasteiger partial charge in [0.05, 0.1) is 13.2 Å². The molecule has 6 heteroatoms. The molecule has 0 saturated carbocycles. The molecule has 4 nitrogen and oxygen atoms in total. The molecule has 0 heterocycles. The van der Waals surface area contributed by atoms with Gasteiger partial charge in [0.2, 0.25) is 0 Å². The van der Waals surface area contributed by atoms with Gasteiger partial charge in [0.25, 0.3) is 0 Å². The standard InChI is InChI=1S/C9H14Br2O4/c1-3-14-8(12)6(10)5-7(11)9(13)15-4-2/h6-7H,3-5H2,1-2H3/t6-,7-/m1/s1. The number of hydrogen-bond acceptors (Lipinski definition) is 4. The molecule has 0 N–H and O–H groups in total. The lowest BCUT2D eigenvalue weighted by atomic mass is 10.2. The highest BCUT2D eigenvalue weighted by atomic mass is 79.9. The van der Waals surface area contributed by atoms with Crippen LogP contribution in [0.1, 0.15) is 20.3 Å². The third-order valence-electron chi connectivity index (χ3n) is 1.50. The van der Waals surface area contributed by atoms with Crippen molar-refractivity contribution in [2.75, 3.05) is 13.2 Å². The van der Waals surface area contributed by atoms with Gasteiger partial charge in [-0.1, -0.05) is 31.9 Å². The molecule has 0 fully saturated rings. The summed E-state index contributed by atoms with van der Waals surface area (Å²) in [4.78, 5) is 21.4. The highest BCUT2D eigenvalue weighted by Crippen LogP contribution is 2.17. The smallest absolute Gasteiger partial charge is 0.319 e. The average molecular weight is 346 g/mol. The Kier molecular flexibility index (Phi) is 8.04. The number of esters is 2. The molecule has 15 heavy (non-hydrogen) atoms. The minimum absolute atomic E-state index is 0.303. The van der Waals surface area contributed by atoms with Crippen molar-refractivity contribution in [1.29, 1.82) is 0 Å². The van der Waals surface area contributed by atoms with E-state index in [4.69, 9.17) is 9.47 Å². The maximum absolute atomic E-state index is 11.2. The molecule has 88 valence electrons. The van der Waals surface area contributed by atoms with Crippen LogP contribution in [0.3, 0.4) is 0 Å². The Morgan fingerprint density at radius 1 is 1.00 bits per heavy atom. The van der Waals surface area contributed by atoms with E-state index >= 15 is 0 Å². The van der Waals surface area contributed by atoms with Crippen molar-refractivity contribution in [1.82, 2.24) is 0 Å². The molecule has 0 aliphatic heterocycles. The predicted molar refractivity (Wildman–Crippen MR) is 63.3 cm³/mol. The van der Waals surface area contributed by atoms with E-state index < -0.39 is 9.65 Å². The minimum atomic E-state index is -0.494. The van der Waals surface area contributed by atoms with Crippen molar-refractivity contribution >= 4 is 43.8 Å². The number of ether oxygens (including phenoxy) is 2. The number of carbonyl (C=O) groups excluding carboxylic acids is 2. The zero-order valence-corrected chi connectivity index (χ0v) is 11.8. The number of halogens is 2. The first-order valence-corrected chi connectivity index (χ1v) is 6.47. The lowest BCUT2D eigenvalue weighted by Gasteiger charge is -2.12. The van der Waals surface area contributed by atoms with Crippen molar-refractivity contribution in [3.05, 3.63) is 0 Å². The van der Waals surface area contributed by atoms with Crippen LogP contribution in [-0.4, -0.2) is 34.8 Å². The molecule has 0 aliphatic carbocycles. The van der Waals surface area contributed by atoms with Crippen LogP contribution >= 0.6 is 31.9 Å². The molecule has 0 spiro atoms. The lowest BCUT2D eigenvalue weighted by molar-refractivity contribution is -0.143. The van der Waals surface area contributed by atoms with Crippen LogP contribution in [-0.2, 0) is 19.1 Å². The molecule has 0 aromatic rings. The van der Waals surface area contributed by atoms with E-state index in [1.807, 2.05) is 0 Å². The molecular weight excluding hydrogens is 332 g/mol. The van der Waals surface area contributed by atoms with Crippen LogP contribution in [0.2, 0.25) is 0 Å². The highest BCUT2D eigenvalue weighted by molar-refractivity contribution is 9.10. The summed E-state index contributed by atoms with van der Waals surface area (Å²) in [7, 11) is 0. The van der Waals surface area contributed by atoms with Crippen molar-refractivity contribution < 1.29 is 19.1 Å². The zero-order valence-electron chi connectivity index (χ0n) is 8.66. The van der Waals surface area contributed by atoms with Crippen LogP contribution in [0.4, 0.5) is 0 Å². The monoisotopic (exact) mass is 344 g/mol. The second kappa shape index (κ2) is 8.10. The Morgan fingerprint density at radius 3 is 1.60 bits per heavy atom. The molecule has 0 bridgehead atoms. The molecule has 0 aliphatic rings. The lowest BCUT2D eigenvalue weighted by Crippen LogP contribution is -2.26. The predicted octanol–water partition coefficient (Wildman–Crippen LogP) is 2.03. The Labute approximate surface area is 106 Å². The summed E-state index contributed by atoms with van der Waals surface area (Å²) in [5, 5.41) is 0. The van der Waals surface area contributed by atoms with Crippen molar-refractivity contribution in [2.45, 2.75) is 29.9 Å². The third-order valence-corrected chi connectivity index (χ3v) is 2.99. The fourth-order valence-electron chi connectivity index (χ4n) is 0.839. The number of rotatable bonds is 6. The molecule has 0 saturated heterocycles. The number of hydrogen-bond donors (Lipinski definition) is 0. The van der Waals surface area contributed by atoms with Gasteiger partial charge in [-0.05, 0) is 20.3 Å². The van der Waals surface area contributed by atoms with Gasteiger partial charge < -0.3 is 9.47 Å². The van der Waals surface area contributed by atoms with Gasteiger partial charge in [-0.15, -0.1) is 0 Å². The second-order valence-electron chi connectivity index (χ2n) is 2.67. The summed E-state index contributed by atoms with van der Waals surface area (Å²) in [5.74, 6) is -0.738. The minimum Gasteiger partial charge on any atom is -0.465 e. The first kappa shape index (κ1) is 14.9. The van der Waals surface area contributed by atoms with E-state index in [-0.39, 0.29) is 11.9 Å². The van der Waals surface area contributed by atoms with Crippen LogP contribution in [0.5, 0.6) is 0 Å². The molecule has 0 aromatic carbocycles. The molecule has 0 amide bonds. The summed E-state index contributed by atoms with van der Waals surface area (Å²) >= 11 is 6.30. The quantitative estimate of drug-likeness (QED) is 0.546. The zero-order chi connectivity index (χ0) is 11.8. The SMILES string of the molecule is CCOC(=O)[C@H](Br)C[C@@H](Br)C(=O)OCC. The van der Waals surface area contributed by atoms with Gasteiger partial charge in [0.15, 0.2) is 0 Å². The maximum atomic E-state index is 11.2. The van der Waals surface area contributed by atoms with E-state index in [0.29, 0.717) is 19.6 Å². The molecule has 2 atom stereocenters. The van der Waals surface area contributed by atoms with E-state index in [9.17, 15) is 9.59 Å². The molecular formula is C9H14Br2O4. The van der Waals surface area contributed by atoms with Gasteiger partial charge in [-0.2, -0.15) is 0 Å². The van der Waals surface area contributed by atoms with E-state index in [1.54, 1.807) is 13.8 Å². The normalized spacial score (nSPS) is 14.1. The summed E-state index contributed by atoms with van der Waals surface area (Å²) in [5.41, 5.74) is 0. The Balaban J connectivity index is 3.99. The van der Waals surface area contributed by atoms with Crippen molar-refractivity contribution in [2.24, 2.45) is 0 Å². The summed E-state index contributed by atoms with van der Waals surface area (Å²) in [6, 6.07) is 0. The fraction of sp³-hybridized carbons (Fsp3) is 0.778. The Morgan fingerprint density at radius 2 is 1.33 bits per heavy atom. The molecule has 0 unspecified atom stereocenters. The number of alkyl halides is 2. The van der Waals surface area contributed by atoms with E-state index in [1.165, 1.54) is 0 Å². The topological polar surface area (TPSA) is 52.6 Å². The van der Waals surface area contributed by atoms with Crippen LogP contribution in [0.25, 0.3) is 0 Å².